The number of hydrogen-bond acceptors (Lipinski definition) is 4. The molecule has 21 heavy (non-hydrogen) atoms. The summed E-state index contributed by atoms with van der Waals surface area (Å²) in [5, 5.41) is 9.57. The number of rotatable bonds is 2. The molecular weight excluding hydrogens is 268 g/mol. The van der Waals surface area contributed by atoms with Crippen molar-refractivity contribution >= 4 is 11.9 Å². The van der Waals surface area contributed by atoms with E-state index in [2.05, 4.69) is 6.07 Å². The minimum Gasteiger partial charge on any atom is -0.469 e. The van der Waals surface area contributed by atoms with Crippen LogP contribution in [0.1, 0.15) is 51.4 Å². The second kappa shape index (κ2) is 6.93. The van der Waals surface area contributed by atoms with Crippen LogP contribution in [0.3, 0.4) is 0 Å². The number of methoxy groups -OCH3 is 1. The normalized spacial score (nSPS) is 23.0. The molecule has 0 aromatic carbocycles. The monoisotopic (exact) mass is 292 g/mol. The van der Waals surface area contributed by atoms with Gasteiger partial charge >= 0.3 is 5.97 Å². The van der Waals surface area contributed by atoms with E-state index < -0.39 is 5.41 Å². The van der Waals surface area contributed by atoms with Crippen molar-refractivity contribution in [1.82, 2.24) is 4.90 Å². The van der Waals surface area contributed by atoms with Crippen LogP contribution in [0.15, 0.2) is 0 Å². The Morgan fingerprint density at radius 3 is 2.19 bits per heavy atom. The second-order valence-corrected chi connectivity index (χ2v) is 6.20. The highest BCUT2D eigenvalue weighted by molar-refractivity contribution is 5.86. The van der Waals surface area contributed by atoms with Crippen LogP contribution in [0.25, 0.3) is 0 Å². The van der Waals surface area contributed by atoms with Crippen LogP contribution < -0.4 is 0 Å². The van der Waals surface area contributed by atoms with Crippen molar-refractivity contribution in [2.24, 2.45) is 11.3 Å². The Morgan fingerprint density at radius 1 is 1.14 bits per heavy atom. The molecule has 2 aliphatic rings. The molecule has 2 fully saturated rings. The lowest BCUT2D eigenvalue weighted by molar-refractivity contribution is -0.150. The number of hydrogen-bond donors (Lipinski definition) is 0. The maximum atomic E-state index is 12.8. The van der Waals surface area contributed by atoms with Crippen molar-refractivity contribution in [3.05, 3.63) is 0 Å². The first-order valence-corrected chi connectivity index (χ1v) is 7.91. The first kappa shape index (κ1) is 15.8. The third-order valence-electron chi connectivity index (χ3n) is 4.90. The zero-order chi connectivity index (χ0) is 15.3. The summed E-state index contributed by atoms with van der Waals surface area (Å²) in [6.07, 6.45) is 6.77. The Kier molecular flexibility index (Phi) is 5.22. The molecule has 0 spiro atoms. The Labute approximate surface area is 126 Å². The van der Waals surface area contributed by atoms with Gasteiger partial charge in [-0.15, -0.1) is 0 Å². The molecule has 0 aromatic rings. The van der Waals surface area contributed by atoms with E-state index in [0.29, 0.717) is 38.8 Å². The molecule has 0 unspecified atom stereocenters. The van der Waals surface area contributed by atoms with Gasteiger partial charge in [-0.25, -0.2) is 0 Å². The van der Waals surface area contributed by atoms with Gasteiger partial charge in [0.25, 0.3) is 0 Å². The lowest BCUT2D eigenvalue weighted by atomic mass is 9.79. The predicted molar refractivity (Wildman–Crippen MR) is 77.1 cm³/mol. The van der Waals surface area contributed by atoms with Crippen LogP contribution in [0.4, 0.5) is 0 Å². The molecule has 0 aromatic heterocycles. The molecule has 0 N–H and O–H groups in total. The second-order valence-electron chi connectivity index (χ2n) is 6.20. The highest BCUT2D eigenvalue weighted by atomic mass is 16.5. The lowest BCUT2D eigenvalue weighted by Crippen LogP contribution is -2.47. The third kappa shape index (κ3) is 3.37. The van der Waals surface area contributed by atoms with Crippen LogP contribution >= 0.6 is 0 Å². The maximum Gasteiger partial charge on any atom is 0.308 e. The van der Waals surface area contributed by atoms with Gasteiger partial charge in [-0.05, 0) is 25.7 Å². The van der Waals surface area contributed by atoms with E-state index >= 15 is 0 Å². The minimum absolute atomic E-state index is 0.0183. The molecule has 2 rings (SSSR count). The number of ether oxygens (including phenoxy) is 1. The fraction of sp³-hybridized carbons (Fsp3) is 0.812. The van der Waals surface area contributed by atoms with E-state index in [1.807, 2.05) is 0 Å². The summed E-state index contributed by atoms with van der Waals surface area (Å²) in [5.74, 6) is -0.312. The molecule has 1 aliphatic heterocycles. The molecular formula is C16H24N2O3. The first-order valence-electron chi connectivity index (χ1n) is 7.91. The quantitative estimate of drug-likeness (QED) is 0.578. The minimum atomic E-state index is -0.825. The van der Waals surface area contributed by atoms with Crippen LogP contribution in [0, 0.1) is 22.7 Å². The lowest BCUT2D eigenvalue weighted by Gasteiger charge is -2.36. The van der Waals surface area contributed by atoms with E-state index in [0.717, 1.165) is 25.7 Å². The molecule has 1 amide bonds. The molecule has 0 radical (unpaired) electrons. The van der Waals surface area contributed by atoms with Gasteiger partial charge < -0.3 is 9.64 Å². The molecule has 0 atom stereocenters. The number of carbonyl (C=O) groups excluding carboxylic acids is 2. The smallest absolute Gasteiger partial charge is 0.308 e. The van der Waals surface area contributed by atoms with E-state index in [-0.39, 0.29) is 17.8 Å². The summed E-state index contributed by atoms with van der Waals surface area (Å²) in [6.45, 7) is 1.12. The van der Waals surface area contributed by atoms with Crippen molar-refractivity contribution in [2.75, 3.05) is 20.2 Å². The number of nitrogens with zero attached hydrogens (tertiary/aromatic N) is 2. The number of carbonyl (C=O) groups is 2. The standard InChI is InChI=1S/C16H24N2O3/c1-21-14(19)13-6-10-18(11-7-13)15(20)16(12-17)8-4-2-3-5-9-16/h13H,2-11H2,1H3. The van der Waals surface area contributed by atoms with Crippen molar-refractivity contribution in [1.29, 1.82) is 5.26 Å². The molecule has 0 bridgehead atoms. The van der Waals surface area contributed by atoms with Crippen LogP contribution in [-0.4, -0.2) is 37.0 Å². The van der Waals surface area contributed by atoms with Gasteiger partial charge in [-0.3, -0.25) is 9.59 Å². The third-order valence-corrected chi connectivity index (χ3v) is 4.90. The van der Waals surface area contributed by atoms with Gasteiger partial charge in [0.2, 0.25) is 5.91 Å². The van der Waals surface area contributed by atoms with Crippen molar-refractivity contribution in [3.63, 3.8) is 0 Å². The molecule has 5 heteroatoms. The largest absolute Gasteiger partial charge is 0.469 e. The molecule has 1 heterocycles. The van der Waals surface area contributed by atoms with E-state index in [9.17, 15) is 14.9 Å². The van der Waals surface area contributed by atoms with Gasteiger partial charge in [0, 0.05) is 13.1 Å². The van der Waals surface area contributed by atoms with Crippen LogP contribution in [0.2, 0.25) is 0 Å². The Morgan fingerprint density at radius 2 is 1.71 bits per heavy atom. The number of likely N-dealkylation sites (tertiary alicyclic amines) is 1. The maximum absolute atomic E-state index is 12.8. The van der Waals surface area contributed by atoms with E-state index in [4.69, 9.17) is 4.74 Å². The Bertz CT molecular complexity index is 425. The van der Waals surface area contributed by atoms with E-state index in [1.54, 1.807) is 4.90 Å². The van der Waals surface area contributed by atoms with Gasteiger partial charge in [0.1, 0.15) is 5.41 Å². The first-order chi connectivity index (χ1) is 10.1. The highest BCUT2D eigenvalue weighted by Crippen LogP contribution is 2.37. The SMILES string of the molecule is COC(=O)C1CCN(C(=O)C2(C#N)CCCCCC2)CC1. The van der Waals surface area contributed by atoms with Crippen LogP contribution in [-0.2, 0) is 14.3 Å². The zero-order valence-electron chi connectivity index (χ0n) is 12.8. The van der Waals surface area contributed by atoms with Crippen molar-refractivity contribution in [3.8, 4) is 6.07 Å². The van der Waals surface area contributed by atoms with Crippen molar-refractivity contribution < 1.29 is 14.3 Å². The Hall–Kier alpha value is -1.57. The predicted octanol–water partition coefficient (Wildman–Crippen LogP) is 2.26. The zero-order valence-corrected chi connectivity index (χ0v) is 12.8. The van der Waals surface area contributed by atoms with Crippen molar-refractivity contribution in [2.45, 2.75) is 51.4 Å². The fourth-order valence-corrected chi connectivity index (χ4v) is 3.49. The molecule has 116 valence electrons. The average molecular weight is 292 g/mol. The topological polar surface area (TPSA) is 70.4 Å². The number of amides is 1. The summed E-state index contributed by atoms with van der Waals surface area (Å²) in [4.78, 5) is 26.1. The number of nitriles is 1. The van der Waals surface area contributed by atoms with Gasteiger partial charge in [0.15, 0.2) is 0 Å². The average Bonchev–Trinajstić information content (AvgIpc) is 2.80. The summed E-state index contributed by atoms with van der Waals surface area (Å²) in [5.41, 5.74) is -0.825. The fourth-order valence-electron chi connectivity index (χ4n) is 3.49. The molecule has 5 nitrogen and oxygen atoms in total. The summed E-state index contributed by atoms with van der Waals surface area (Å²) < 4.78 is 4.76. The van der Waals surface area contributed by atoms with Gasteiger partial charge in [-0.2, -0.15) is 5.26 Å². The molecule has 1 aliphatic carbocycles. The molecule has 1 saturated heterocycles. The summed E-state index contributed by atoms with van der Waals surface area (Å²) in [6, 6.07) is 2.32. The number of esters is 1. The van der Waals surface area contributed by atoms with E-state index in [1.165, 1.54) is 7.11 Å². The number of piperidine rings is 1. The Balaban J connectivity index is 2.00. The summed E-state index contributed by atoms with van der Waals surface area (Å²) >= 11 is 0. The van der Waals surface area contributed by atoms with Gasteiger partial charge in [-0.1, -0.05) is 25.7 Å². The van der Waals surface area contributed by atoms with Crippen LogP contribution in [0.5, 0.6) is 0 Å². The van der Waals surface area contributed by atoms with Gasteiger partial charge in [0.05, 0.1) is 19.1 Å². The summed E-state index contributed by atoms with van der Waals surface area (Å²) in [7, 11) is 1.40. The molecule has 1 saturated carbocycles. The highest BCUT2D eigenvalue weighted by Gasteiger charge is 2.42.